The first kappa shape index (κ1) is 15.1. The smallest absolute Gasteiger partial charge is 0.336 e. The highest BCUT2D eigenvalue weighted by molar-refractivity contribution is 9.08. The lowest BCUT2D eigenvalue weighted by molar-refractivity contribution is -0.128. The minimum Gasteiger partial charge on any atom is -0.504 e. The van der Waals surface area contributed by atoms with Gasteiger partial charge in [-0.1, -0.05) is 34.1 Å². The van der Waals surface area contributed by atoms with Crippen LogP contribution < -0.4 is 4.74 Å². The van der Waals surface area contributed by atoms with Crippen molar-refractivity contribution in [1.29, 1.82) is 0 Å². The number of benzene rings is 2. The molecule has 108 valence electrons. The topological polar surface area (TPSA) is 66.8 Å². The largest absolute Gasteiger partial charge is 0.504 e. The maximum absolute atomic E-state index is 11.7. The van der Waals surface area contributed by atoms with Gasteiger partial charge in [0.15, 0.2) is 11.5 Å². The molecular weight excluding hydrogens is 336 g/mol. The van der Waals surface area contributed by atoms with Gasteiger partial charge < -0.3 is 14.9 Å². The standard InChI is InChI=1S/C16H13BrO4/c17-10-12-1-5-13(6-2-12)21-16(20)8-4-11-3-7-14(18)15(19)9-11/h1-9,18-19H,10H2/b8-4+. The number of carbonyl (C=O) groups is 1. The van der Waals surface area contributed by atoms with Crippen molar-refractivity contribution in [1.82, 2.24) is 0 Å². The van der Waals surface area contributed by atoms with Gasteiger partial charge in [-0.2, -0.15) is 0 Å². The van der Waals surface area contributed by atoms with E-state index in [4.69, 9.17) is 4.74 Å². The zero-order valence-electron chi connectivity index (χ0n) is 11.0. The highest BCUT2D eigenvalue weighted by atomic mass is 79.9. The number of halogens is 1. The highest BCUT2D eigenvalue weighted by Crippen LogP contribution is 2.25. The van der Waals surface area contributed by atoms with Gasteiger partial charge in [-0.25, -0.2) is 4.79 Å². The Balaban J connectivity index is 1.99. The van der Waals surface area contributed by atoms with E-state index in [1.165, 1.54) is 24.3 Å². The summed E-state index contributed by atoms with van der Waals surface area (Å²) in [5.74, 6) is -0.505. The second-order valence-corrected chi connectivity index (χ2v) is 4.84. The van der Waals surface area contributed by atoms with Gasteiger partial charge in [-0.15, -0.1) is 0 Å². The number of phenols is 2. The molecule has 0 heterocycles. The molecule has 0 amide bonds. The van der Waals surface area contributed by atoms with Crippen molar-refractivity contribution in [2.45, 2.75) is 5.33 Å². The maximum atomic E-state index is 11.7. The Kier molecular flexibility index (Phi) is 5.00. The minimum atomic E-state index is -0.519. The Morgan fingerprint density at radius 3 is 2.43 bits per heavy atom. The van der Waals surface area contributed by atoms with Crippen molar-refractivity contribution < 1.29 is 19.7 Å². The molecule has 0 saturated heterocycles. The first-order valence-electron chi connectivity index (χ1n) is 6.15. The lowest BCUT2D eigenvalue weighted by atomic mass is 10.2. The Hall–Kier alpha value is -2.27. The monoisotopic (exact) mass is 348 g/mol. The number of aromatic hydroxyl groups is 2. The normalized spacial score (nSPS) is 10.7. The SMILES string of the molecule is O=C(/C=C/c1ccc(O)c(O)c1)Oc1ccc(CBr)cc1. The molecule has 2 N–H and O–H groups in total. The van der Waals surface area contributed by atoms with Crippen molar-refractivity contribution in [2.75, 3.05) is 0 Å². The third-order valence-corrected chi connectivity index (χ3v) is 3.35. The fraction of sp³-hybridized carbons (Fsp3) is 0.0625. The quantitative estimate of drug-likeness (QED) is 0.291. The summed E-state index contributed by atoms with van der Waals surface area (Å²) < 4.78 is 5.14. The average molecular weight is 349 g/mol. The van der Waals surface area contributed by atoms with Crippen LogP contribution in [0.25, 0.3) is 6.08 Å². The third-order valence-electron chi connectivity index (χ3n) is 2.71. The number of rotatable bonds is 4. The van der Waals surface area contributed by atoms with E-state index in [-0.39, 0.29) is 11.5 Å². The molecule has 2 rings (SSSR count). The molecule has 4 nitrogen and oxygen atoms in total. The summed E-state index contributed by atoms with van der Waals surface area (Å²) in [6.07, 6.45) is 2.75. The van der Waals surface area contributed by atoms with Crippen LogP contribution in [-0.2, 0) is 10.1 Å². The first-order chi connectivity index (χ1) is 10.1. The van der Waals surface area contributed by atoms with Gasteiger partial charge in [-0.05, 0) is 41.5 Å². The maximum Gasteiger partial charge on any atom is 0.336 e. The molecule has 0 fully saturated rings. The zero-order chi connectivity index (χ0) is 15.2. The molecule has 0 bridgehead atoms. The number of carbonyl (C=O) groups excluding carboxylic acids is 1. The molecule has 0 aromatic heterocycles. The summed E-state index contributed by atoms with van der Waals surface area (Å²) in [7, 11) is 0. The van der Waals surface area contributed by atoms with Crippen LogP contribution in [0.1, 0.15) is 11.1 Å². The molecule has 0 spiro atoms. The van der Waals surface area contributed by atoms with Crippen LogP contribution in [0.15, 0.2) is 48.5 Å². The number of phenolic OH excluding ortho intramolecular Hbond substituents is 2. The van der Waals surface area contributed by atoms with Crippen LogP contribution in [0, 0.1) is 0 Å². The van der Waals surface area contributed by atoms with Gasteiger partial charge in [-0.3, -0.25) is 0 Å². The Labute approximate surface area is 130 Å². The van der Waals surface area contributed by atoms with Crippen molar-refractivity contribution in [3.05, 3.63) is 59.7 Å². The van der Waals surface area contributed by atoms with E-state index in [2.05, 4.69) is 15.9 Å². The summed E-state index contributed by atoms with van der Waals surface area (Å²) in [5, 5.41) is 19.3. The molecular formula is C16H13BrO4. The Morgan fingerprint density at radius 2 is 1.81 bits per heavy atom. The van der Waals surface area contributed by atoms with Crippen LogP contribution in [0.5, 0.6) is 17.2 Å². The zero-order valence-corrected chi connectivity index (χ0v) is 12.6. The van der Waals surface area contributed by atoms with Crippen LogP contribution in [0.3, 0.4) is 0 Å². The molecule has 2 aromatic carbocycles. The fourth-order valence-electron chi connectivity index (χ4n) is 1.61. The molecule has 21 heavy (non-hydrogen) atoms. The fourth-order valence-corrected chi connectivity index (χ4v) is 1.98. The predicted octanol–water partition coefficient (Wildman–Crippen LogP) is 3.61. The lowest BCUT2D eigenvalue weighted by Gasteiger charge is -2.02. The van der Waals surface area contributed by atoms with Gasteiger partial charge in [0.2, 0.25) is 0 Å². The Morgan fingerprint density at radius 1 is 1.10 bits per heavy atom. The molecule has 0 unspecified atom stereocenters. The molecule has 0 saturated carbocycles. The molecule has 0 radical (unpaired) electrons. The van der Waals surface area contributed by atoms with E-state index in [1.54, 1.807) is 18.2 Å². The van der Waals surface area contributed by atoms with Crippen molar-refractivity contribution in [3.63, 3.8) is 0 Å². The molecule has 0 aliphatic rings. The average Bonchev–Trinajstić information content (AvgIpc) is 2.49. The van der Waals surface area contributed by atoms with Crippen LogP contribution in [-0.4, -0.2) is 16.2 Å². The van der Waals surface area contributed by atoms with E-state index < -0.39 is 5.97 Å². The van der Waals surface area contributed by atoms with E-state index in [1.807, 2.05) is 12.1 Å². The van der Waals surface area contributed by atoms with Crippen molar-refractivity contribution in [3.8, 4) is 17.2 Å². The van der Waals surface area contributed by atoms with Gasteiger partial charge in [0.1, 0.15) is 5.75 Å². The minimum absolute atomic E-state index is 0.207. The van der Waals surface area contributed by atoms with Gasteiger partial charge in [0, 0.05) is 11.4 Å². The number of ether oxygens (including phenoxy) is 1. The summed E-state index contributed by atoms with van der Waals surface area (Å²) in [4.78, 5) is 11.7. The van der Waals surface area contributed by atoms with E-state index in [0.717, 1.165) is 10.9 Å². The van der Waals surface area contributed by atoms with Crippen molar-refractivity contribution in [2.24, 2.45) is 0 Å². The second kappa shape index (κ2) is 6.95. The lowest BCUT2D eigenvalue weighted by Crippen LogP contribution is -2.03. The molecule has 2 aromatic rings. The highest BCUT2D eigenvalue weighted by Gasteiger charge is 2.02. The number of esters is 1. The summed E-state index contributed by atoms with van der Waals surface area (Å²) in [6, 6.07) is 11.4. The Bertz CT molecular complexity index is 662. The number of hydrogen-bond acceptors (Lipinski definition) is 4. The molecule has 5 heteroatoms. The summed E-state index contributed by atoms with van der Waals surface area (Å²) in [6.45, 7) is 0. The third kappa shape index (κ3) is 4.36. The van der Waals surface area contributed by atoms with Crippen LogP contribution in [0.4, 0.5) is 0 Å². The first-order valence-corrected chi connectivity index (χ1v) is 7.27. The van der Waals surface area contributed by atoms with Crippen molar-refractivity contribution >= 4 is 28.0 Å². The van der Waals surface area contributed by atoms with Crippen LogP contribution >= 0.6 is 15.9 Å². The van der Waals surface area contributed by atoms with E-state index >= 15 is 0 Å². The summed E-state index contributed by atoms with van der Waals surface area (Å²) >= 11 is 3.34. The van der Waals surface area contributed by atoms with Gasteiger partial charge >= 0.3 is 5.97 Å². The van der Waals surface area contributed by atoms with E-state index in [9.17, 15) is 15.0 Å². The van der Waals surface area contributed by atoms with Gasteiger partial charge in [0.25, 0.3) is 0 Å². The molecule has 0 aliphatic heterocycles. The predicted molar refractivity (Wildman–Crippen MR) is 83.5 cm³/mol. The molecule has 0 aliphatic carbocycles. The molecule has 0 atom stereocenters. The summed E-state index contributed by atoms with van der Waals surface area (Å²) in [5.41, 5.74) is 1.67. The second-order valence-electron chi connectivity index (χ2n) is 4.28. The van der Waals surface area contributed by atoms with E-state index in [0.29, 0.717) is 11.3 Å². The number of alkyl halides is 1. The van der Waals surface area contributed by atoms with Crippen LogP contribution in [0.2, 0.25) is 0 Å². The number of hydrogen-bond donors (Lipinski definition) is 2. The van der Waals surface area contributed by atoms with Gasteiger partial charge in [0.05, 0.1) is 0 Å².